The fourth-order valence-corrected chi connectivity index (χ4v) is 4.14. The largest absolute Gasteiger partial charge is 0.356 e. The van der Waals surface area contributed by atoms with Crippen molar-refractivity contribution in [1.29, 1.82) is 0 Å². The van der Waals surface area contributed by atoms with Crippen LogP contribution in [0.1, 0.15) is 11.3 Å². The third kappa shape index (κ3) is 3.92. The molecule has 0 aliphatic carbocycles. The van der Waals surface area contributed by atoms with Crippen LogP contribution in [0.3, 0.4) is 0 Å². The Kier molecular flexibility index (Phi) is 4.94. The van der Waals surface area contributed by atoms with E-state index in [1.54, 1.807) is 11.8 Å². The van der Waals surface area contributed by atoms with E-state index in [4.69, 9.17) is 4.52 Å². The van der Waals surface area contributed by atoms with Gasteiger partial charge in [-0.2, -0.15) is 0 Å². The van der Waals surface area contributed by atoms with Crippen LogP contribution in [0.2, 0.25) is 0 Å². The highest BCUT2D eigenvalue weighted by molar-refractivity contribution is 8.00. The molecule has 2 aromatic carbocycles. The molecule has 2 heterocycles. The van der Waals surface area contributed by atoms with Crippen molar-refractivity contribution in [2.24, 2.45) is 0 Å². The molecule has 1 N–H and O–H groups in total. The SMILES string of the molecule is O=C(Cc1noc2ccccc12)Nc1nnc(SCc2ccccc2)s1. The van der Waals surface area contributed by atoms with E-state index in [0.717, 1.165) is 15.5 Å². The van der Waals surface area contributed by atoms with Crippen LogP contribution in [0.15, 0.2) is 63.5 Å². The van der Waals surface area contributed by atoms with Gasteiger partial charge in [-0.15, -0.1) is 10.2 Å². The number of carbonyl (C=O) groups excluding carboxylic acids is 1. The van der Waals surface area contributed by atoms with Gasteiger partial charge in [0, 0.05) is 11.1 Å². The summed E-state index contributed by atoms with van der Waals surface area (Å²) in [6.07, 6.45) is 0.128. The van der Waals surface area contributed by atoms with Crippen molar-refractivity contribution in [1.82, 2.24) is 15.4 Å². The Balaban J connectivity index is 1.35. The third-order valence-electron chi connectivity index (χ3n) is 3.64. The standard InChI is InChI=1S/C18H14N4O2S2/c23-16(10-14-13-8-4-5-9-15(13)24-22-14)19-17-20-21-18(26-17)25-11-12-6-2-1-3-7-12/h1-9H,10-11H2,(H,19,20,23). The molecule has 0 saturated heterocycles. The zero-order valence-electron chi connectivity index (χ0n) is 13.6. The lowest BCUT2D eigenvalue weighted by atomic mass is 10.2. The van der Waals surface area contributed by atoms with Gasteiger partial charge in [-0.1, -0.05) is 70.7 Å². The van der Waals surface area contributed by atoms with E-state index >= 15 is 0 Å². The number of rotatable bonds is 6. The molecule has 0 unspecified atom stereocenters. The summed E-state index contributed by atoms with van der Waals surface area (Å²) in [5.41, 5.74) is 2.50. The van der Waals surface area contributed by atoms with E-state index in [1.807, 2.05) is 42.5 Å². The quantitative estimate of drug-likeness (QED) is 0.398. The second-order valence-electron chi connectivity index (χ2n) is 5.50. The van der Waals surface area contributed by atoms with Crippen molar-refractivity contribution in [3.63, 3.8) is 0 Å². The van der Waals surface area contributed by atoms with Gasteiger partial charge in [0.05, 0.1) is 6.42 Å². The molecule has 4 rings (SSSR count). The summed E-state index contributed by atoms with van der Waals surface area (Å²) in [4.78, 5) is 12.3. The summed E-state index contributed by atoms with van der Waals surface area (Å²) < 4.78 is 6.04. The number of hydrogen-bond acceptors (Lipinski definition) is 7. The number of fused-ring (bicyclic) bond motifs is 1. The second kappa shape index (κ2) is 7.67. The first kappa shape index (κ1) is 16.7. The zero-order valence-corrected chi connectivity index (χ0v) is 15.2. The summed E-state index contributed by atoms with van der Waals surface area (Å²) >= 11 is 2.96. The number of aromatic nitrogens is 3. The fraction of sp³-hybridized carbons (Fsp3) is 0.111. The Hall–Kier alpha value is -2.71. The zero-order chi connectivity index (χ0) is 17.8. The lowest BCUT2D eigenvalue weighted by Gasteiger charge is -1.98. The Morgan fingerprint density at radius 2 is 1.88 bits per heavy atom. The maximum atomic E-state index is 12.3. The molecule has 0 fully saturated rings. The first-order valence-electron chi connectivity index (χ1n) is 7.91. The van der Waals surface area contributed by atoms with Gasteiger partial charge in [0.25, 0.3) is 0 Å². The summed E-state index contributed by atoms with van der Waals surface area (Å²) in [7, 11) is 0. The molecular formula is C18H14N4O2S2. The van der Waals surface area contributed by atoms with Crippen molar-refractivity contribution in [3.05, 3.63) is 65.9 Å². The average molecular weight is 382 g/mol. The lowest BCUT2D eigenvalue weighted by Crippen LogP contribution is -2.14. The number of benzene rings is 2. The van der Waals surface area contributed by atoms with Gasteiger partial charge in [0.2, 0.25) is 11.0 Å². The minimum absolute atomic E-state index is 0.128. The van der Waals surface area contributed by atoms with Crippen molar-refractivity contribution in [3.8, 4) is 0 Å². The van der Waals surface area contributed by atoms with Crippen molar-refractivity contribution >= 4 is 45.1 Å². The van der Waals surface area contributed by atoms with Gasteiger partial charge in [-0.3, -0.25) is 4.79 Å². The molecule has 26 heavy (non-hydrogen) atoms. The van der Waals surface area contributed by atoms with Gasteiger partial charge in [-0.25, -0.2) is 0 Å². The van der Waals surface area contributed by atoms with Gasteiger partial charge in [-0.05, 0) is 17.7 Å². The number of nitrogens with zero attached hydrogens (tertiary/aromatic N) is 3. The molecule has 0 aliphatic rings. The minimum atomic E-state index is -0.195. The van der Waals surface area contributed by atoms with E-state index in [0.29, 0.717) is 16.4 Å². The highest BCUT2D eigenvalue weighted by Crippen LogP contribution is 2.28. The summed E-state index contributed by atoms with van der Waals surface area (Å²) in [5, 5.41) is 16.2. The van der Waals surface area contributed by atoms with E-state index in [-0.39, 0.29) is 12.3 Å². The van der Waals surface area contributed by atoms with Crippen LogP contribution in [-0.2, 0) is 17.0 Å². The Bertz CT molecular complexity index is 1030. The Morgan fingerprint density at radius 3 is 2.77 bits per heavy atom. The molecule has 4 aromatic rings. The van der Waals surface area contributed by atoms with Crippen molar-refractivity contribution in [2.75, 3.05) is 5.32 Å². The van der Waals surface area contributed by atoms with Crippen LogP contribution in [0.25, 0.3) is 11.0 Å². The topological polar surface area (TPSA) is 80.9 Å². The molecule has 0 saturated carbocycles. The second-order valence-corrected chi connectivity index (χ2v) is 7.70. The first-order valence-corrected chi connectivity index (χ1v) is 9.71. The lowest BCUT2D eigenvalue weighted by molar-refractivity contribution is -0.115. The molecule has 0 bridgehead atoms. The number of hydrogen-bond donors (Lipinski definition) is 1. The summed E-state index contributed by atoms with van der Waals surface area (Å²) in [5.74, 6) is 0.619. The van der Waals surface area contributed by atoms with Crippen LogP contribution in [0, 0.1) is 0 Å². The highest BCUT2D eigenvalue weighted by atomic mass is 32.2. The number of carbonyl (C=O) groups is 1. The van der Waals surface area contributed by atoms with Gasteiger partial charge in [0.15, 0.2) is 9.92 Å². The first-order chi connectivity index (χ1) is 12.8. The molecule has 0 radical (unpaired) electrons. The Labute approximate surface area is 157 Å². The number of anilines is 1. The highest BCUT2D eigenvalue weighted by Gasteiger charge is 2.14. The fourth-order valence-electron chi connectivity index (χ4n) is 2.42. The molecule has 0 spiro atoms. The minimum Gasteiger partial charge on any atom is -0.356 e. The molecule has 1 amide bonds. The molecule has 8 heteroatoms. The maximum Gasteiger partial charge on any atom is 0.232 e. The molecular weight excluding hydrogens is 368 g/mol. The molecule has 6 nitrogen and oxygen atoms in total. The van der Waals surface area contributed by atoms with Crippen LogP contribution in [0.5, 0.6) is 0 Å². The predicted octanol–water partition coefficient (Wildman–Crippen LogP) is 4.15. The van der Waals surface area contributed by atoms with Crippen molar-refractivity contribution < 1.29 is 9.32 Å². The average Bonchev–Trinajstić information content (AvgIpc) is 3.28. The molecule has 130 valence electrons. The third-order valence-corrected chi connectivity index (χ3v) is 5.68. The van der Waals surface area contributed by atoms with Gasteiger partial charge < -0.3 is 9.84 Å². The molecule has 0 aliphatic heterocycles. The van der Waals surface area contributed by atoms with E-state index in [1.165, 1.54) is 16.9 Å². The van der Waals surface area contributed by atoms with Crippen LogP contribution in [0.4, 0.5) is 5.13 Å². The maximum absolute atomic E-state index is 12.3. The van der Waals surface area contributed by atoms with Crippen molar-refractivity contribution in [2.45, 2.75) is 16.5 Å². The van der Waals surface area contributed by atoms with Crippen LogP contribution >= 0.6 is 23.1 Å². The van der Waals surface area contributed by atoms with E-state index < -0.39 is 0 Å². The van der Waals surface area contributed by atoms with Gasteiger partial charge >= 0.3 is 0 Å². The van der Waals surface area contributed by atoms with Crippen LogP contribution < -0.4 is 5.32 Å². The number of para-hydroxylation sites is 1. The predicted molar refractivity (Wildman–Crippen MR) is 102 cm³/mol. The normalized spacial score (nSPS) is 10.9. The smallest absolute Gasteiger partial charge is 0.232 e. The van der Waals surface area contributed by atoms with Crippen LogP contribution in [-0.4, -0.2) is 21.3 Å². The van der Waals surface area contributed by atoms with Gasteiger partial charge in [0.1, 0.15) is 5.69 Å². The van der Waals surface area contributed by atoms with E-state index in [9.17, 15) is 4.79 Å². The molecule has 0 atom stereocenters. The summed E-state index contributed by atoms with van der Waals surface area (Å²) in [6, 6.07) is 17.6. The summed E-state index contributed by atoms with van der Waals surface area (Å²) in [6.45, 7) is 0. The monoisotopic (exact) mass is 382 g/mol. The number of thioether (sulfide) groups is 1. The number of amides is 1. The molecule has 2 aromatic heterocycles. The Morgan fingerprint density at radius 1 is 1.08 bits per heavy atom. The van der Waals surface area contributed by atoms with E-state index in [2.05, 4.69) is 32.8 Å². The number of nitrogens with one attached hydrogen (secondary N) is 1.